The first-order chi connectivity index (χ1) is 8.20. The van der Waals surface area contributed by atoms with Crippen LogP contribution in [0.4, 0.5) is 0 Å². The molecule has 0 radical (unpaired) electrons. The van der Waals surface area contributed by atoms with Gasteiger partial charge in [-0.2, -0.15) is 0 Å². The molecule has 1 N–H and O–H groups in total. The van der Waals surface area contributed by atoms with E-state index in [9.17, 15) is 9.59 Å². The zero-order chi connectivity index (χ0) is 12.3. The van der Waals surface area contributed by atoms with Crippen LogP contribution >= 0.6 is 0 Å². The van der Waals surface area contributed by atoms with Crippen molar-refractivity contribution in [3.63, 3.8) is 0 Å². The highest BCUT2D eigenvalue weighted by molar-refractivity contribution is 5.87. The maximum Gasteiger partial charge on any atom is 0.329 e. The molecule has 0 aromatic carbocycles. The van der Waals surface area contributed by atoms with Gasteiger partial charge in [-0.15, -0.1) is 0 Å². The molecule has 96 valence electrons. The number of hydrogen-bond donors (Lipinski definition) is 1. The fourth-order valence-corrected chi connectivity index (χ4v) is 2.77. The Balaban J connectivity index is 1.97. The van der Waals surface area contributed by atoms with E-state index in [0.29, 0.717) is 19.1 Å². The van der Waals surface area contributed by atoms with Gasteiger partial charge in [-0.05, 0) is 12.8 Å². The normalized spacial score (nSPS) is 27.6. The molecule has 0 aromatic heterocycles. The van der Waals surface area contributed by atoms with E-state index in [1.807, 2.05) is 0 Å². The lowest BCUT2D eigenvalue weighted by molar-refractivity contribution is -0.148. The minimum Gasteiger partial charge on any atom is -0.467 e. The molecule has 2 rings (SSSR count). The number of rotatable bonds is 2. The standard InChI is InChI=1S/C12H20N2O3/c1-17-12(16)10-7-14(8-11(15)13-10)9-5-3-2-4-6-9/h9-10H,2-8H2,1H3,(H,13,15). The summed E-state index contributed by atoms with van der Waals surface area (Å²) >= 11 is 0. The van der Waals surface area contributed by atoms with Gasteiger partial charge in [-0.3, -0.25) is 9.69 Å². The topological polar surface area (TPSA) is 58.6 Å². The third-order valence-corrected chi connectivity index (χ3v) is 3.68. The van der Waals surface area contributed by atoms with Crippen LogP contribution in [0.15, 0.2) is 0 Å². The van der Waals surface area contributed by atoms with Gasteiger partial charge < -0.3 is 10.1 Å². The van der Waals surface area contributed by atoms with Gasteiger partial charge >= 0.3 is 5.97 Å². The monoisotopic (exact) mass is 240 g/mol. The van der Waals surface area contributed by atoms with Crippen molar-refractivity contribution < 1.29 is 14.3 Å². The molecule has 1 aliphatic heterocycles. The Labute approximate surface area is 101 Å². The van der Waals surface area contributed by atoms with Gasteiger partial charge in [-0.1, -0.05) is 19.3 Å². The van der Waals surface area contributed by atoms with Gasteiger partial charge in [0.05, 0.1) is 13.7 Å². The second-order valence-corrected chi connectivity index (χ2v) is 4.86. The molecule has 0 bridgehead atoms. The number of carbonyl (C=O) groups excluding carboxylic acids is 2. The smallest absolute Gasteiger partial charge is 0.329 e. The molecule has 1 amide bonds. The maximum atomic E-state index is 11.6. The van der Waals surface area contributed by atoms with E-state index >= 15 is 0 Å². The van der Waals surface area contributed by atoms with Crippen LogP contribution in [0.2, 0.25) is 0 Å². The Bertz CT molecular complexity index is 300. The third kappa shape index (κ3) is 2.97. The second-order valence-electron chi connectivity index (χ2n) is 4.86. The first-order valence-electron chi connectivity index (χ1n) is 6.32. The molecule has 1 atom stereocenters. The molecule has 1 saturated heterocycles. The van der Waals surface area contributed by atoms with E-state index in [1.165, 1.54) is 26.4 Å². The van der Waals surface area contributed by atoms with Crippen molar-refractivity contribution in [3.05, 3.63) is 0 Å². The summed E-state index contributed by atoms with van der Waals surface area (Å²) in [5, 5.41) is 2.68. The molecular weight excluding hydrogens is 220 g/mol. The molecule has 5 nitrogen and oxygen atoms in total. The molecule has 5 heteroatoms. The first-order valence-corrected chi connectivity index (χ1v) is 6.32. The predicted octanol–water partition coefficient (Wildman–Crippen LogP) is 0.292. The maximum absolute atomic E-state index is 11.6. The zero-order valence-electron chi connectivity index (χ0n) is 10.3. The molecule has 1 unspecified atom stereocenters. The van der Waals surface area contributed by atoms with Crippen molar-refractivity contribution in [1.29, 1.82) is 0 Å². The summed E-state index contributed by atoms with van der Waals surface area (Å²) in [7, 11) is 1.36. The van der Waals surface area contributed by atoms with Crippen LogP contribution in [0, 0.1) is 0 Å². The highest BCUT2D eigenvalue weighted by Crippen LogP contribution is 2.23. The van der Waals surface area contributed by atoms with Gasteiger partial charge in [0, 0.05) is 12.6 Å². The summed E-state index contributed by atoms with van der Waals surface area (Å²) in [6, 6.07) is -0.0369. The summed E-state index contributed by atoms with van der Waals surface area (Å²) in [4.78, 5) is 25.2. The van der Waals surface area contributed by atoms with Gasteiger partial charge in [0.2, 0.25) is 5.91 Å². The Kier molecular flexibility index (Phi) is 3.99. The number of piperazine rings is 1. The summed E-state index contributed by atoms with van der Waals surface area (Å²) in [5.41, 5.74) is 0. The molecule has 17 heavy (non-hydrogen) atoms. The molecule has 2 fully saturated rings. The number of nitrogens with zero attached hydrogens (tertiary/aromatic N) is 1. The minimum absolute atomic E-state index is 0.0720. The van der Waals surface area contributed by atoms with Crippen molar-refractivity contribution in [2.24, 2.45) is 0 Å². The highest BCUT2D eigenvalue weighted by atomic mass is 16.5. The molecular formula is C12H20N2O3. The Hall–Kier alpha value is -1.10. The van der Waals surface area contributed by atoms with Crippen LogP contribution in [0.25, 0.3) is 0 Å². The molecule has 0 aromatic rings. The molecule has 1 aliphatic carbocycles. The van der Waals surface area contributed by atoms with E-state index in [2.05, 4.69) is 10.2 Å². The van der Waals surface area contributed by atoms with Crippen molar-refractivity contribution in [3.8, 4) is 0 Å². The molecule has 1 saturated carbocycles. The van der Waals surface area contributed by atoms with Crippen LogP contribution in [-0.2, 0) is 14.3 Å². The number of hydrogen-bond acceptors (Lipinski definition) is 4. The van der Waals surface area contributed by atoms with Crippen LogP contribution in [0.5, 0.6) is 0 Å². The van der Waals surface area contributed by atoms with Crippen molar-refractivity contribution >= 4 is 11.9 Å². The summed E-state index contributed by atoms with van der Waals surface area (Å²) in [6.45, 7) is 1.00. The average Bonchev–Trinajstić information content (AvgIpc) is 2.38. The summed E-state index contributed by atoms with van der Waals surface area (Å²) in [6.07, 6.45) is 6.02. The Morgan fingerprint density at radius 3 is 2.71 bits per heavy atom. The fraction of sp³-hybridized carbons (Fsp3) is 0.833. The lowest BCUT2D eigenvalue weighted by atomic mass is 9.93. The quantitative estimate of drug-likeness (QED) is 0.705. The lowest BCUT2D eigenvalue weighted by Gasteiger charge is -2.38. The van der Waals surface area contributed by atoms with Crippen molar-refractivity contribution in [2.45, 2.75) is 44.2 Å². The van der Waals surface area contributed by atoms with Crippen molar-refractivity contribution in [2.75, 3.05) is 20.2 Å². The lowest BCUT2D eigenvalue weighted by Crippen LogP contribution is -2.59. The largest absolute Gasteiger partial charge is 0.467 e. The Morgan fingerprint density at radius 1 is 1.35 bits per heavy atom. The summed E-state index contributed by atoms with van der Waals surface area (Å²) < 4.78 is 4.69. The van der Waals surface area contributed by atoms with E-state index in [0.717, 1.165) is 12.8 Å². The zero-order valence-corrected chi connectivity index (χ0v) is 10.3. The van der Waals surface area contributed by atoms with Gasteiger partial charge in [-0.25, -0.2) is 4.79 Å². The van der Waals surface area contributed by atoms with Crippen LogP contribution in [0.1, 0.15) is 32.1 Å². The number of amides is 1. The second kappa shape index (κ2) is 5.49. The highest BCUT2D eigenvalue weighted by Gasteiger charge is 2.33. The Morgan fingerprint density at radius 2 is 2.06 bits per heavy atom. The van der Waals surface area contributed by atoms with Gasteiger partial charge in [0.25, 0.3) is 0 Å². The number of ether oxygens (including phenoxy) is 1. The van der Waals surface area contributed by atoms with Crippen LogP contribution < -0.4 is 5.32 Å². The molecule has 2 aliphatic rings. The number of carbonyl (C=O) groups is 2. The van der Waals surface area contributed by atoms with Crippen LogP contribution in [0.3, 0.4) is 0 Å². The van der Waals surface area contributed by atoms with Crippen LogP contribution in [-0.4, -0.2) is 49.1 Å². The van der Waals surface area contributed by atoms with E-state index in [1.54, 1.807) is 0 Å². The van der Waals surface area contributed by atoms with E-state index in [4.69, 9.17) is 4.74 Å². The third-order valence-electron chi connectivity index (χ3n) is 3.68. The van der Waals surface area contributed by atoms with Gasteiger partial charge in [0.1, 0.15) is 6.04 Å². The molecule has 0 spiro atoms. The minimum atomic E-state index is -0.497. The predicted molar refractivity (Wildman–Crippen MR) is 62.4 cm³/mol. The number of esters is 1. The fourth-order valence-electron chi connectivity index (χ4n) is 2.77. The average molecular weight is 240 g/mol. The summed E-state index contributed by atoms with van der Waals surface area (Å²) in [5.74, 6) is -0.420. The van der Waals surface area contributed by atoms with Gasteiger partial charge in [0.15, 0.2) is 0 Å². The first kappa shape index (κ1) is 12.4. The van der Waals surface area contributed by atoms with Crippen molar-refractivity contribution in [1.82, 2.24) is 10.2 Å². The van der Waals surface area contributed by atoms with E-state index in [-0.39, 0.29) is 11.9 Å². The van der Waals surface area contributed by atoms with E-state index < -0.39 is 6.04 Å². The SMILES string of the molecule is COC(=O)C1CN(C2CCCCC2)CC(=O)N1. The number of nitrogens with one attached hydrogen (secondary N) is 1. The number of methoxy groups -OCH3 is 1. The molecule has 1 heterocycles.